The van der Waals surface area contributed by atoms with Crippen LogP contribution in [0, 0.1) is 0 Å². The summed E-state index contributed by atoms with van der Waals surface area (Å²) in [6, 6.07) is 0. The topological polar surface area (TPSA) is 50.4 Å². The summed E-state index contributed by atoms with van der Waals surface area (Å²) in [6.07, 6.45) is 0. The van der Waals surface area contributed by atoms with Gasteiger partial charge in [0, 0.05) is 36.7 Å². The molecule has 0 aromatic carbocycles. The van der Waals surface area contributed by atoms with Gasteiger partial charge in [-0.25, -0.2) is 0 Å². The molecule has 0 spiro atoms. The first-order valence-electron chi connectivity index (χ1n) is 6.12. The Balaban J connectivity index is 4.69. The highest BCUT2D eigenvalue weighted by Gasteiger charge is 2.25. The smallest absolute Gasteiger partial charge is 0.237 e. The molecule has 3 N–H and O–H groups in total. The van der Waals surface area contributed by atoms with Crippen molar-refractivity contribution in [2.24, 2.45) is 4.88 Å². The monoisotopic (exact) mass is 261 g/mol. The Labute approximate surface area is 108 Å². The Morgan fingerprint density at radius 2 is 1.12 bits per heavy atom. The fourth-order valence-corrected chi connectivity index (χ4v) is 2.74. The second-order valence-electron chi connectivity index (χ2n) is 7.50. The molecule has 0 aromatic rings. The van der Waals surface area contributed by atoms with Gasteiger partial charge < -0.3 is 0 Å². The number of nitrogens with zero attached hydrogens (tertiary/aromatic N) is 1. The van der Waals surface area contributed by atoms with Crippen LogP contribution < -0.4 is 15.3 Å². The standard InChI is InChI=1S/C12H29N4P/c1-10(2,3)13-16-17(14-11(4,5)6)15-12(7,8)9/h14-15H,1-9H3/p+1. The number of hydrogen-bond donors (Lipinski definition) is 3. The van der Waals surface area contributed by atoms with Gasteiger partial charge in [0.2, 0.25) is 8.37 Å². The second-order valence-corrected chi connectivity index (χ2v) is 8.77. The minimum Gasteiger partial charge on any atom is -0.255 e. The Kier molecular flexibility index (Phi) is 5.71. The molecule has 0 radical (unpaired) electrons. The fourth-order valence-electron chi connectivity index (χ4n) is 0.913. The van der Waals surface area contributed by atoms with E-state index in [0.717, 1.165) is 0 Å². The van der Waals surface area contributed by atoms with E-state index in [2.05, 4.69) is 82.5 Å². The summed E-state index contributed by atoms with van der Waals surface area (Å²) < 4.78 is 0. The van der Waals surface area contributed by atoms with Crippen molar-refractivity contribution in [2.45, 2.75) is 78.9 Å². The lowest BCUT2D eigenvalue weighted by Gasteiger charge is -2.29. The Hall–Kier alpha value is -0.0500. The average molecular weight is 261 g/mol. The molecule has 0 saturated heterocycles. The molecular weight excluding hydrogens is 231 g/mol. The molecule has 102 valence electrons. The first-order valence-corrected chi connectivity index (χ1v) is 7.42. The highest BCUT2D eigenvalue weighted by molar-refractivity contribution is 7.51. The van der Waals surface area contributed by atoms with Crippen molar-refractivity contribution >= 4 is 8.37 Å². The van der Waals surface area contributed by atoms with Crippen LogP contribution in [0.4, 0.5) is 0 Å². The maximum absolute atomic E-state index is 4.56. The molecule has 0 aliphatic rings. The molecule has 0 bridgehead atoms. The van der Waals surface area contributed by atoms with Crippen LogP contribution in [0.1, 0.15) is 62.3 Å². The number of hydrogen-bond acceptors (Lipinski definition) is 3. The van der Waals surface area contributed by atoms with E-state index >= 15 is 0 Å². The van der Waals surface area contributed by atoms with Gasteiger partial charge >= 0.3 is 0 Å². The Bertz CT molecular complexity index is 239. The summed E-state index contributed by atoms with van der Waals surface area (Å²) in [5.74, 6) is 0. The summed E-state index contributed by atoms with van der Waals surface area (Å²) >= 11 is 0. The van der Waals surface area contributed by atoms with Gasteiger partial charge in [0.05, 0.1) is 0 Å². The minimum atomic E-state index is -0.787. The predicted octanol–water partition coefficient (Wildman–Crippen LogP) is 2.32. The van der Waals surface area contributed by atoms with Crippen LogP contribution in [0.15, 0.2) is 4.88 Å². The normalized spacial score (nSPS) is 14.9. The van der Waals surface area contributed by atoms with E-state index in [1.807, 2.05) is 0 Å². The third-order valence-electron chi connectivity index (χ3n) is 1.37. The van der Waals surface area contributed by atoms with Crippen molar-refractivity contribution in [3.63, 3.8) is 0 Å². The van der Waals surface area contributed by atoms with Gasteiger partial charge in [-0.3, -0.25) is 10.2 Å². The zero-order valence-electron chi connectivity index (χ0n) is 12.9. The van der Waals surface area contributed by atoms with Gasteiger partial charge in [0.25, 0.3) is 0 Å². The van der Waals surface area contributed by atoms with E-state index in [4.69, 9.17) is 0 Å². The molecule has 5 heteroatoms. The van der Waals surface area contributed by atoms with Gasteiger partial charge in [0.1, 0.15) is 0 Å². The number of rotatable bonds is 3. The zero-order chi connectivity index (χ0) is 13.9. The summed E-state index contributed by atoms with van der Waals surface area (Å²) in [5.41, 5.74) is 0.0970. The van der Waals surface area contributed by atoms with Gasteiger partial charge in [-0.05, 0) is 41.5 Å². The van der Waals surface area contributed by atoms with E-state index in [9.17, 15) is 0 Å². The number of nitrogens with one attached hydrogen (secondary N) is 3. The van der Waals surface area contributed by atoms with Crippen molar-refractivity contribution in [1.29, 1.82) is 0 Å². The van der Waals surface area contributed by atoms with Gasteiger partial charge in [-0.2, -0.15) is 0 Å². The van der Waals surface area contributed by atoms with Crippen LogP contribution >= 0.6 is 8.37 Å². The highest BCUT2D eigenvalue weighted by Crippen LogP contribution is 2.31. The molecule has 0 amide bonds. The average Bonchev–Trinajstić information content (AvgIpc) is 1.92. The van der Waals surface area contributed by atoms with Crippen LogP contribution in [-0.2, 0) is 0 Å². The van der Waals surface area contributed by atoms with E-state index in [1.54, 1.807) is 0 Å². The lowest BCUT2D eigenvalue weighted by atomic mass is 10.1. The zero-order valence-corrected chi connectivity index (χ0v) is 13.8. The van der Waals surface area contributed by atoms with Crippen molar-refractivity contribution in [3.05, 3.63) is 0 Å². The Morgan fingerprint density at radius 3 is 1.35 bits per heavy atom. The first kappa shape index (κ1) is 16.9. The molecule has 0 saturated carbocycles. The van der Waals surface area contributed by atoms with Crippen molar-refractivity contribution in [2.75, 3.05) is 0 Å². The maximum atomic E-state index is 4.56. The van der Waals surface area contributed by atoms with Crippen LogP contribution in [0.25, 0.3) is 0 Å². The van der Waals surface area contributed by atoms with Crippen LogP contribution in [0.3, 0.4) is 0 Å². The third-order valence-corrected chi connectivity index (χ3v) is 3.43. The molecule has 0 atom stereocenters. The fraction of sp³-hybridized carbons (Fsp3) is 1.00. The molecule has 0 unspecified atom stereocenters. The van der Waals surface area contributed by atoms with Crippen LogP contribution in [-0.4, -0.2) is 16.6 Å². The molecule has 4 nitrogen and oxygen atoms in total. The molecule has 0 fully saturated rings. The van der Waals surface area contributed by atoms with Crippen molar-refractivity contribution in [1.82, 2.24) is 10.2 Å². The summed E-state index contributed by atoms with van der Waals surface area (Å²) in [4.78, 5) is 4.56. The van der Waals surface area contributed by atoms with Crippen molar-refractivity contribution in [3.8, 4) is 0 Å². The SMILES string of the molecule is CC(C)(C)NP(N=[NH+]C(C)(C)C)NC(C)(C)C. The second kappa shape index (κ2) is 5.73. The molecule has 0 aliphatic carbocycles. The summed E-state index contributed by atoms with van der Waals surface area (Å²) in [5, 5.41) is 10.2. The summed E-state index contributed by atoms with van der Waals surface area (Å²) in [6.45, 7) is 19.2. The molecule has 17 heavy (non-hydrogen) atoms. The van der Waals surface area contributed by atoms with Gasteiger partial charge in [0.15, 0.2) is 5.54 Å². The van der Waals surface area contributed by atoms with Crippen LogP contribution in [0.2, 0.25) is 0 Å². The minimum absolute atomic E-state index is 0.000286. The summed E-state index contributed by atoms with van der Waals surface area (Å²) in [7, 11) is -0.787. The quantitative estimate of drug-likeness (QED) is 0.539. The highest BCUT2D eigenvalue weighted by atomic mass is 31.1. The van der Waals surface area contributed by atoms with Crippen LogP contribution in [0.5, 0.6) is 0 Å². The lowest BCUT2D eigenvalue weighted by Crippen LogP contribution is -2.79. The third kappa shape index (κ3) is 12.2. The van der Waals surface area contributed by atoms with E-state index in [1.165, 1.54) is 0 Å². The first-order chi connectivity index (χ1) is 7.29. The van der Waals surface area contributed by atoms with E-state index in [0.29, 0.717) is 0 Å². The van der Waals surface area contributed by atoms with E-state index < -0.39 is 8.37 Å². The lowest BCUT2D eigenvalue weighted by molar-refractivity contribution is -0.597. The molecular formula is C12H30N4P+. The molecule has 0 heterocycles. The largest absolute Gasteiger partial charge is 0.255 e. The predicted molar refractivity (Wildman–Crippen MR) is 75.8 cm³/mol. The molecule has 0 aromatic heterocycles. The van der Waals surface area contributed by atoms with Gasteiger partial charge in [-0.15, -0.1) is 5.11 Å². The molecule has 0 aliphatic heterocycles. The van der Waals surface area contributed by atoms with Gasteiger partial charge in [-0.1, -0.05) is 0 Å². The van der Waals surface area contributed by atoms with E-state index in [-0.39, 0.29) is 16.6 Å². The molecule has 0 rings (SSSR count). The Morgan fingerprint density at radius 1 is 0.765 bits per heavy atom. The van der Waals surface area contributed by atoms with Crippen molar-refractivity contribution < 1.29 is 5.11 Å². The maximum Gasteiger partial charge on any atom is 0.237 e.